The summed E-state index contributed by atoms with van der Waals surface area (Å²) in [6.45, 7) is 7.41. The molecule has 0 saturated carbocycles. The first-order valence-corrected chi connectivity index (χ1v) is 27.1. The Kier molecular flexibility index (Phi) is 52.5. The lowest BCUT2D eigenvalue weighted by Gasteiger charge is -2.18. The van der Waals surface area contributed by atoms with Crippen LogP contribution in [0.4, 0.5) is 0 Å². The molecule has 0 spiro atoms. The Morgan fingerprint density at radius 1 is 0.348 bits per heavy atom. The van der Waals surface area contributed by atoms with E-state index in [1.54, 1.807) is 0 Å². The normalized spacial score (nSPS) is 13.2. The Bertz CT molecular complexity index is 1350. The Morgan fingerprint density at radius 3 is 1.09 bits per heavy atom. The first-order valence-electron chi connectivity index (χ1n) is 27.1. The van der Waals surface area contributed by atoms with Crippen LogP contribution in [-0.2, 0) is 23.8 Å². The molecule has 0 saturated heterocycles. The summed E-state index contributed by atoms with van der Waals surface area (Å²) >= 11 is 0. The van der Waals surface area contributed by atoms with Crippen molar-refractivity contribution in [3.63, 3.8) is 0 Å². The van der Waals surface area contributed by atoms with E-state index in [4.69, 9.17) is 14.2 Å². The maximum absolute atomic E-state index is 12.8. The molecule has 0 fully saturated rings. The van der Waals surface area contributed by atoms with Crippen molar-refractivity contribution in [3.05, 3.63) is 122 Å². The molecule has 1 unspecified atom stereocenters. The van der Waals surface area contributed by atoms with Crippen LogP contribution in [0.1, 0.15) is 226 Å². The summed E-state index contributed by atoms with van der Waals surface area (Å²) in [5.41, 5.74) is 0. The van der Waals surface area contributed by atoms with Gasteiger partial charge in [0.05, 0.1) is 6.61 Å². The SMILES string of the molecule is CC/C=C\C/C=C\C/C=C\C/C=C\CCCOCC(COC(=O)CCCCCCCC/C=C\C/C=C\C/C=C\CCCCC)OC(=O)CCCCCCCCC/C=C\C/C=C\C/C=C\CC. The van der Waals surface area contributed by atoms with Gasteiger partial charge >= 0.3 is 11.9 Å². The fourth-order valence-electron chi connectivity index (χ4n) is 7.01. The van der Waals surface area contributed by atoms with Crippen molar-refractivity contribution in [2.24, 2.45) is 0 Å². The minimum absolute atomic E-state index is 0.0451. The monoisotopic (exact) mass is 913 g/mol. The molecule has 0 aliphatic rings. The number of carbonyl (C=O) groups excluding carboxylic acids is 2. The van der Waals surface area contributed by atoms with Crippen molar-refractivity contribution in [1.82, 2.24) is 0 Å². The van der Waals surface area contributed by atoms with Crippen LogP contribution < -0.4 is 0 Å². The summed E-state index contributed by atoms with van der Waals surface area (Å²) in [4.78, 5) is 25.5. The summed E-state index contributed by atoms with van der Waals surface area (Å²) in [5, 5.41) is 0. The Labute approximate surface area is 407 Å². The maximum atomic E-state index is 12.8. The molecule has 0 aliphatic carbocycles. The third-order valence-electron chi connectivity index (χ3n) is 11.0. The van der Waals surface area contributed by atoms with E-state index >= 15 is 0 Å². The molecule has 374 valence electrons. The van der Waals surface area contributed by atoms with E-state index in [0.717, 1.165) is 122 Å². The maximum Gasteiger partial charge on any atom is 0.306 e. The minimum Gasteiger partial charge on any atom is -0.462 e. The summed E-state index contributed by atoms with van der Waals surface area (Å²) in [7, 11) is 0. The van der Waals surface area contributed by atoms with E-state index in [1.165, 1.54) is 70.6 Å². The number of hydrogen-bond acceptors (Lipinski definition) is 5. The number of hydrogen-bond donors (Lipinski definition) is 0. The van der Waals surface area contributed by atoms with E-state index in [1.807, 2.05) is 0 Å². The van der Waals surface area contributed by atoms with E-state index in [9.17, 15) is 9.59 Å². The fourth-order valence-corrected chi connectivity index (χ4v) is 7.01. The van der Waals surface area contributed by atoms with Crippen LogP contribution in [0, 0.1) is 0 Å². The number of ether oxygens (including phenoxy) is 3. The van der Waals surface area contributed by atoms with Gasteiger partial charge in [-0.2, -0.15) is 0 Å². The molecule has 0 aromatic carbocycles. The van der Waals surface area contributed by atoms with Crippen LogP contribution in [0.15, 0.2) is 122 Å². The summed E-state index contributed by atoms with van der Waals surface area (Å²) in [5.74, 6) is -0.459. The predicted molar refractivity (Wildman–Crippen MR) is 288 cm³/mol. The lowest BCUT2D eigenvalue weighted by atomic mass is 10.1. The van der Waals surface area contributed by atoms with Gasteiger partial charge in [0, 0.05) is 19.4 Å². The zero-order valence-corrected chi connectivity index (χ0v) is 42.9. The van der Waals surface area contributed by atoms with Crippen LogP contribution in [0.2, 0.25) is 0 Å². The van der Waals surface area contributed by atoms with Crippen molar-refractivity contribution >= 4 is 11.9 Å². The smallest absolute Gasteiger partial charge is 0.306 e. The molecular formula is C61H100O5. The Morgan fingerprint density at radius 2 is 0.682 bits per heavy atom. The van der Waals surface area contributed by atoms with Crippen LogP contribution in [0.3, 0.4) is 0 Å². The van der Waals surface area contributed by atoms with Crippen molar-refractivity contribution < 1.29 is 23.8 Å². The summed E-state index contributed by atoms with van der Waals surface area (Å²) in [6, 6.07) is 0. The lowest BCUT2D eigenvalue weighted by Crippen LogP contribution is -2.30. The molecule has 0 aliphatic heterocycles. The van der Waals surface area contributed by atoms with Crippen molar-refractivity contribution in [1.29, 1.82) is 0 Å². The second kappa shape index (κ2) is 55.6. The number of rotatable bonds is 48. The van der Waals surface area contributed by atoms with E-state index in [2.05, 4.69) is 142 Å². The van der Waals surface area contributed by atoms with Gasteiger partial charge in [-0.25, -0.2) is 0 Å². The quantitative estimate of drug-likeness (QED) is 0.0346. The summed E-state index contributed by atoms with van der Waals surface area (Å²) < 4.78 is 17.3. The van der Waals surface area contributed by atoms with Gasteiger partial charge in [-0.15, -0.1) is 0 Å². The molecule has 0 rings (SSSR count). The highest BCUT2D eigenvalue weighted by molar-refractivity contribution is 5.70. The number of esters is 2. The van der Waals surface area contributed by atoms with Crippen LogP contribution in [-0.4, -0.2) is 37.9 Å². The highest BCUT2D eigenvalue weighted by Gasteiger charge is 2.17. The topological polar surface area (TPSA) is 61.8 Å². The molecule has 1 atom stereocenters. The van der Waals surface area contributed by atoms with Crippen LogP contribution >= 0.6 is 0 Å². The molecule has 0 aromatic rings. The highest BCUT2D eigenvalue weighted by Crippen LogP contribution is 2.13. The van der Waals surface area contributed by atoms with Crippen molar-refractivity contribution in [2.75, 3.05) is 19.8 Å². The number of carbonyl (C=O) groups is 2. The molecule has 0 heterocycles. The van der Waals surface area contributed by atoms with Crippen LogP contribution in [0.5, 0.6) is 0 Å². The van der Waals surface area contributed by atoms with E-state index in [0.29, 0.717) is 19.4 Å². The van der Waals surface area contributed by atoms with Gasteiger partial charge in [-0.3, -0.25) is 9.59 Å². The Balaban J connectivity index is 4.39. The molecule has 0 aromatic heterocycles. The van der Waals surface area contributed by atoms with Gasteiger partial charge in [0.15, 0.2) is 6.10 Å². The first-order chi connectivity index (χ1) is 32.6. The molecule has 0 bridgehead atoms. The van der Waals surface area contributed by atoms with Gasteiger partial charge in [0.2, 0.25) is 0 Å². The molecular weight excluding hydrogens is 813 g/mol. The number of unbranched alkanes of at least 4 members (excludes halogenated alkanes) is 17. The minimum atomic E-state index is -0.584. The lowest BCUT2D eigenvalue weighted by molar-refractivity contribution is -0.163. The third kappa shape index (κ3) is 52.9. The van der Waals surface area contributed by atoms with Crippen molar-refractivity contribution in [3.8, 4) is 0 Å². The van der Waals surface area contributed by atoms with E-state index < -0.39 is 6.10 Å². The van der Waals surface area contributed by atoms with Gasteiger partial charge in [-0.05, 0) is 122 Å². The predicted octanol–water partition coefficient (Wildman–Crippen LogP) is 18.6. The molecule has 0 amide bonds. The van der Waals surface area contributed by atoms with Gasteiger partial charge in [-0.1, -0.05) is 213 Å². The second-order valence-corrected chi connectivity index (χ2v) is 17.4. The van der Waals surface area contributed by atoms with Crippen LogP contribution in [0.25, 0.3) is 0 Å². The molecule has 0 N–H and O–H groups in total. The molecule has 66 heavy (non-hydrogen) atoms. The third-order valence-corrected chi connectivity index (χ3v) is 11.0. The fraction of sp³-hybridized carbons (Fsp3) is 0.639. The highest BCUT2D eigenvalue weighted by atomic mass is 16.6. The first kappa shape index (κ1) is 62.3. The second-order valence-electron chi connectivity index (χ2n) is 17.4. The van der Waals surface area contributed by atoms with Gasteiger partial charge < -0.3 is 14.2 Å². The molecule has 5 nitrogen and oxygen atoms in total. The largest absolute Gasteiger partial charge is 0.462 e. The van der Waals surface area contributed by atoms with Crippen molar-refractivity contribution in [2.45, 2.75) is 232 Å². The average molecular weight is 913 g/mol. The van der Waals surface area contributed by atoms with E-state index in [-0.39, 0.29) is 25.2 Å². The zero-order valence-electron chi connectivity index (χ0n) is 42.9. The standard InChI is InChI=1S/C61H100O5/c1-4-7-10-13-16-19-22-25-28-30-31-33-34-36-39-42-45-48-51-54-60(62)65-58-59(57-64-56-53-50-47-44-41-38-27-24-21-18-15-12-9-6-3)66-61(63)55-52-49-46-43-40-37-35-32-29-26-23-20-17-14-11-8-5-2/h8-9,11-12,16-21,25-29,31,33,38,44,47,59H,4-7,10,13-15,22-24,30,32,34-37,39-43,45-46,48-58H2,1-3H3/b11-8-,12-9-,19-16-,20-17-,21-18-,28-25-,29-26-,33-31-,38-27-,47-44-. The van der Waals surface area contributed by atoms with Gasteiger partial charge in [0.1, 0.15) is 6.61 Å². The Hall–Kier alpha value is -3.70. The zero-order chi connectivity index (χ0) is 47.7. The molecule has 5 heteroatoms. The average Bonchev–Trinajstić information content (AvgIpc) is 3.32. The van der Waals surface area contributed by atoms with Gasteiger partial charge in [0.25, 0.3) is 0 Å². The number of allylic oxidation sites excluding steroid dienone is 20. The molecule has 0 radical (unpaired) electrons. The summed E-state index contributed by atoms with van der Waals surface area (Å²) in [6.07, 6.45) is 77.9.